The Labute approximate surface area is 188 Å². The number of aromatic nitrogens is 1. The lowest BCUT2D eigenvalue weighted by atomic mass is 10.2. The molecule has 4 rings (SSSR count). The maximum Gasteiger partial charge on any atom is 0.195 e. The van der Waals surface area contributed by atoms with E-state index in [1.165, 1.54) is 16.6 Å². The molecule has 0 atom stereocenters. The van der Waals surface area contributed by atoms with Gasteiger partial charge < -0.3 is 25.1 Å². The highest BCUT2D eigenvalue weighted by Crippen LogP contribution is 2.32. The summed E-state index contributed by atoms with van der Waals surface area (Å²) in [5.41, 5.74) is 3.28. The Kier molecular flexibility index (Phi) is 7.62. The zero-order chi connectivity index (χ0) is 19.2. The minimum atomic E-state index is 0. The van der Waals surface area contributed by atoms with E-state index >= 15 is 0 Å². The minimum absolute atomic E-state index is 0. The first kappa shape index (κ1) is 21.3. The van der Waals surface area contributed by atoms with Crippen LogP contribution in [0.4, 0.5) is 5.69 Å². The van der Waals surface area contributed by atoms with Crippen molar-refractivity contribution >= 4 is 46.5 Å². The molecule has 6 nitrogen and oxygen atoms in total. The number of halogens is 1. The molecule has 0 fully saturated rings. The maximum absolute atomic E-state index is 5.77. The van der Waals surface area contributed by atoms with Gasteiger partial charge in [0, 0.05) is 48.9 Å². The van der Waals surface area contributed by atoms with Gasteiger partial charge in [-0.3, -0.25) is 4.99 Å². The average molecular weight is 506 g/mol. The summed E-state index contributed by atoms with van der Waals surface area (Å²) in [6.07, 6.45) is 1.75. The Morgan fingerprint density at radius 2 is 1.90 bits per heavy atom. The van der Waals surface area contributed by atoms with Crippen molar-refractivity contribution in [1.29, 1.82) is 0 Å². The molecule has 7 heteroatoms. The van der Waals surface area contributed by atoms with Crippen LogP contribution >= 0.6 is 24.0 Å². The summed E-state index contributed by atoms with van der Waals surface area (Å²) in [7, 11) is 0. The van der Waals surface area contributed by atoms with Crippen molar-refractivity contribution in [2.24, 2.45) is 4.99 Å². The molecule has 0 spiro atoms. The normalized spacial score (nSPS) is 13.5. The standard InChI is InChI=1S/C22H26N4O2.HI/c1-2-23-22(24-11-10-18-14-16-6-3-4-7-19(16)25-18)26-17-8-9-20-21(15-17)28-13-5-12-27-20;/h3-4,6-9,14-15,25H,2,5,10-13H2,1H3,(H2,23,24,26);1H. The number of hydrogen-bond donors (Lipinski definition) is 3. The van der Waals surface area contributed by atoms with E-state index in [0.717, 1.165) is 42.5 Å². The van der Waals surface area contributed by atoms with Crippen LogP contribution in [0, 0.1) is 0 Å². The number of anilines is 1. The number of nitrogens with one attached hydrogen (secondary N) is 3. The van der Waals surface area contributed by atoms with E-state index in [-0.39, 0.29) is 24.0 Å². The smallest absolute Gasteiger partial charge is 0.195 e. The predicted molar refractivity (Wildman–Crippen MR) is 129 cm³/mol. The quantitative estimate of drug-likeness (QED) is 0.270. The number of H-pyrrole nitrogens is 1. The van der Waals surface area contributed by atoms with Gasteiger partial charge in [0.25, 0.3) is 0 Å². The van der Waals surface area contributed by atoms with Crippen LogP contribution in [0.25, 0.3) is 10.9 Å². The van der Waals surface area contributed by atoms with Crippen molar-refractivity contribution in [2.75, 3.05) is 31.6 Å². The van der Waals surface area contributed by atoms with Crippen LogP contribution in [0.15, 0.2) is 53.5 Å². The van der Waals surface area contributed by atoms with E-state index in [1.807, 2.05) is 24.3 Å². The Morgan fingerprint density at radius 1 is 1.07 bits per heavy atom. The SMILES string of the molecule is CCNC(=NCCc1cc2ccccc2[nH]1)Nc1ccc2c(c1)OCCCO2.I. The molecule has 1 aromatic heterocycles. The summed E-state index contributed by atoms with van der Waals surface area (Å²) in [4.78, 5) is 8.16. The number of aliphatic imine (C=N–C) groups is 1. The fraction of sp³-hybridized carbons (Fsp3) is 0.318. The van der Waals surface area contributed by atoms with Crippen molar-refractivity contribution in [3.63, 3.8) is 0 Å². The molecular weight excluding hydrogens is 479 g/mol. The lowest BCUT2D eigenvalue weighted by Gasteiger charge is -2.13. The molecule has 1 aliphatic heterocycles. The van der Waals surface area contributed by atoms with Crippen LogP contribution in [0.2, 0.25) is 0 Å². The lowest BCUT2D eigenvalue weighted by Crippen LogP contribution is -2.30. The molecule has 0 bridgehead atoms. The van der Waals surface area contributed by atoms with Gasteiger partial charge >= 0.3 is 0 Å². The molecule has 2 aromatic carbocycles. The Morgan fingerprint density at radius 3 is 2.72 bits per heavy atom. The van der Waals surface area contributed by atoms with Crippen molar-refractivity contribution in [3.05, 3.63) is 54.2 Å². The molecule has 3 N–H and O–H groups in total. The third-order valence-electron chi connectivity index (χ3n) is 4.59. The molecule has 0 aliphatic carbocycles. The first-order valence-corrected chi connectivity index (χ1v) is 9.83. The zero-order valence-corrected chi connectivity index (χ0v) is 18.9. The first-order chi connectivity index (χ1) is 13.8. The van der Waals surface area contributed by atoms with Crippen LogP contribution in [0.1, 0.15) is 19.0 Å². The lowest BCUT2D eigenvalue weighted by molar-refractivity contribution is 0.297. The number of ether oxygens (including phenoxy) is 2. The van der Waals surface area contributed by atoms with Crippen LogP contribution in [-0.4, -0.2) is 37.2 Å². The molecule has 154 valence electrons. The summed E-state index contributed by atoms with van der Waals surface area (Å²) in [5.74, 6) is 2.33. The Balaban J connectivity index is 0.00000240. The summed E-state index contributed by atoms with van der Waals surface area (Å²) in [6.45, 7) is 4.91. The van der Waals surface area contributed by atoms with Gasteiger partial charge in [-0.05, 0) is 36.6 Å². The molecule has 0 radical (unpaired) electrons. The van der Waals surface area contributed by atoms with Gasteiger partial charge in [0.1, 0.15) is 0 Å². The molecule has 0 saturated heterocycles. The first-order valence-electron chi connectivity index (χ1n) is 9.83. The second-order valence-corrected chi connectivity index (χ2v) is 6.73. The van der Waals surface area contributed by atoms with Gasteiger partial charge in [-0.1, -0.05) is 18.2 Å². The average Bonchev–Trinajstić information content (AvgIpc) is 2.97. The van der Waals surface area contributed by atoms with Gasteiger partial charge in [0.05, 0.1) is 13.2 Å². The maximum atomic E-state index is 5.77. The fourth-order valence-corrected chi connectivity index (χ4v) is 3.24. The topological polar surface area (TPSA) is 70.7 Å². The van der Waals surface area contributed by atoms with Gasteiger partial charge in [0.2, 0.25) is 0 Å². The van der Waals surface area contributed by atoms with Crippen molar-refractivity contribution in [2.45, 2.75) is 19.8 Å². The van der Waals surface area contributed by atoms with Gasteiger partial charge in [0.15, 0.2) is 17.5 Å². The summed E-state index contributed by atoms with van der Waals surface area (Å²) in [5, 5.41) is 7.88. The summed E-state index contributed by atoms with van der Waals surface area (Å²) < 4.78 is 11.5. The second kappa shape index (κ2) is 10.4. The monoisotopic (exact) mass is 506 g/mol. The number of rotatable bonds is 5. The molecule has 0 amide bonds. The van der Waals surface area contributed by atoms with Crippen LogP contribution in [0.3, 0.4) is 0 Å². The van der Waals surface area contributed by atoms with E-state index in [9.17, 15) is 0 Å². The summed E-state index contributed by atoms with van der Waals surface area (Å²) in [6, 6.07) is 16.4. The number of aromatic amines is 1. The minimum Gasteiger partial charge on any atom is -0.490 e. The van der Waals surface area contributed by atoms with Gasteiger partial charge in [-0.15, -0.1) is 24.0 Å². The number of fused-ring (bicyclic) bond motifs is 2. The second-order valence-electron chi connectivity index (χ2n) is 6.73. The number of benzene rings is 2. The Bertz CT molecular complexity index is 937. The molecule has 29 heavy (non-hydrogen) atoms. The molecule has 0 unspecified atom stereocenters. The molecular formula is C22H27IN4O2. The van der Waals surface area contributed by atoms with E-state index in [0.29, 0.717) is 19.8 Å². The van der Waals surface area contributed by atoms with Crippen molar-refractivity contribution in [3.8, 4) is 11.5 Å². The van der Waals surface area contributed by atoms with Gasteiger partial charge in [-0.25, -0.2) is 0 Å². The highest BCUT2D eigenvalue weighted by molar-refractivity contribution is 14.0. The van der Waals surface area contributed by atoms with Crippen LogP contribution in [0.5, 0.6) is 11.5 Å². The Hall–Kier alpha value is -2.42. The van der Waals surface area contributed by atoms with Crippen molar-refractivity contribution < 1.29 is 9.47 Å². The van der Waals surface area contributed by atoms with Gasteiger partial charge in [-0.2, -0.15) is 0 Å². The van der Waals surface area contributed by atoms with Crippen molar-refractivity contribution in [1.82, 2.24) is 10.3 Å². The number of nitrogens with zero attached hydrogens (tertiary/aromatic N) is 1. The van der Waals surface area contributed by atoms with E-state index < -0.39 is 0 Å². The number of guanidine groups is 1. The van der Waals surface area contributed by atoms with Crippen LogP contribution < -0.4 is 20.1 Å². The molecule has 2 heterocycles. The molecule has 0 saturated carbocycles. The fourth-order valence-electron chi connectivity index (χ4n) is 3.24. The van der Waals surface area contributed by atoms with E-state index in [2.05, 4.69) is 46.8 Å². The highest BCUT2D eigenvalue weighted by atomic mass is 127. The highest BCUT2D eigenvalue weighted by Gasteiger charge is 2.11. The largest absolute Gasteiger partial charge is 0.490 e. The molecule has 1 aliphatic rings. The number of hydrogen-bond acceptors (Lipinski definition) is 3. The third-order valence-corrected chi connectivity index (χ3v) is 4.59. The van der Waals surface area contributed by atoms with E-state index in [1.54, 1.807) is 0 Å². The summed E-state index contributed by atoms with van der Waals surface area (Å²) >= 11 is 0. The van der Waals surface area contributed by atoms with E-state index in [4.69, 9.17) is 14.5 Å². The zero-order valence-electron chi connectivity index (χ0n) is 16.5. The molecule has 3 aromatic rings. The predicted octanol–water partition coefficient (Wildman–Crippen LogP) is 4.57. The number of para-hydroxylation sites is 1. The third kappa shape index (κ3) is 5.56. The van der Waals surface area contributed by atoms with Crippen LogP contribution in [-0.2, 0) is 6.42 Å².